The molecule has 2 aromatic carbocycles. The van der Waals surface area contributed by atoms with Gasteiger partial charge in [0.1, 0.15) is 29.8 Å². The molecule has 4 rings (SSSR count). The van der Waals surface area contributed by atoms with Crippen molar-refractivity contribution in [3.8, 4) is 17.2 Å². The van der Waals surface area contributed by atoms with Gasteiger partial charge in [-0.2, -0.15) is 0 Å². The highest BCUT2D eigenvalue weighted by molar-refractivity contribution is 5.93. The van der Waals surface area contributed by atoms with Crippen LogP contribution in [0.5, 0.6) is 17.2 Å². The SMILES string of the molecule is [2H]CN(C[2H])C(=O)[C@@H]1C[C@H](Oc2cc3c(Nc4ccc(O)cc4F)ncnc3cc2OC)CN1C[2H]. The number of benzene rings is 2. The van der Waals surface area contributed by atoms with Gasteiger partial charge in [0.2, 0.25) is 5.91 Å². The van der Waals surface area contributed by atoms with Gasteiger partial charge in [0, 0.05) is 48.6 Å². The lowest BCUT2D eigenvalue weighted by molar-refractivity contribution is -0.133. The molecule has 0 saturated carbocycles. The Morgan fingerprint density at radius 3 is 2.88 bits per heavy atom. The van der Waals surface area contributed by atoms with Crippen molar-refractivity contribution in [2.45, 2.75) is 18.6 Å². The summed E-state index contributed by atoms with van der Waals surface area (Å²) in [7, 11) is 0.699. The maximum atomic E-state index is 14.3. The molecule has 0 bridgehead atoms. The van der Waals surface area contributed by atoms with Crippen LogP contribution < -0.4 is 14.8 Å². The van der Waals surface area contributed by atoms with E-state index in [-0.39, 0.29) is 44.8 Å². The van der Waals surface area contributed by atoms with Gasteiger partial charge >= 0.3 is 0 Å². The molecule has 3 aromatic rings. The summed E-state index contributed by atoms with van der Waals surface area (Å²) >= 11 is 0. The summed E-state index contributed by atoms with van der Waals surface area (Å²) in [6, 6.07) is 6.39. The number of rotatable bonds is 6. The van der Waals surface area contributed by atoms with E-state index in [0.29, 0.717) is 34.8 Å². The minimum absolute atomic E-state index is 0.114. The quantitative estimate of drug-likeness (QED) is 0.544. The number of phenols is 1. The van der Waals surface area contributed by atoms with Crippen LogP contribution >= 0.6 is 0 Å². The van der Waals surface area contributed by atoms with Crippen molar-refractivity contribution in [3.63, 3.8) is 0 Å². The largest absolute Gasteiger partial charge is 0.508 e. The Hall–Kier alpha value is -3.66. The number of aromatic hydroxyl groups is 1. The number of fused-ring (bicyclic) bond motifs is 1. The molecule has 2 N–H and O–H groups in total. The maximum absolute atomic E-state index is 14.3. The van der Waals surface area contributed by atoms with E-state index in [1.807, 2.05) is 0 Å². The zero-order valence-electron chi connectivity index (χ0n) is 21.0. The first-order valence-corrected chi connectivity index (χ1v) is 10.0. The average molecular weight is 459 g/mol. The summed E-state index contributed by atoms with van der Waals surface area (Å²) in [5.41, 5.74) is 0.632. The Morgan fingerprint density at radius 1 is 1.30 bits per heavy atom. The number of methoxy groups -OCH3 is 1. The molecule has 0 aliphatic carbocycles. The van der Waals surface area contributed by atoms with E-state index in [1.54, 1.807) is 17.0 Å². The highest BCUT2D eigenvalue weighted by Gasteiger charge is 2.36. The fourth-order valence-corrected chi connectivity index (χ4v) is 3.74. The summed E-state index contributed by atoms with van der Waals surface area (Å²) in [6.07, 6.45) is 1.15. The second kappa shape index (κ2) is 9.07. The molecule has 2 heterocycles. The molecule has 10 heteroatoms. The molecule has 0 unspecified atom stereocenters. The lowest BCUT2D eigenvalue weighted by Crippen LogP contribution is -2.40. The Kier molecular flexibility index (Phi) is 5.18. The third-order valence-electron chi connectivity index (χ3n) is 5.38. The van der Waals surface area contributed by atoms with Crippen LogP contribution in [0, 0.1) is 5.82 Å². The molecule has 1 aliphatic rings. The number of likely N-dealkylation sites (tertiary alicyclic amines) is 1. The lowest BCUT2D eigenvalue weighted by Gasteiger charge is -2.21. The number of ether oxygens (including phenoxy) is 2. The predicted molar refractivity (Wildman–Crippen MR) is 122 cm³/mol. The number of nitrogens with zero attached hydrogens (tertiary/aromatic N) is 4. The van der Waals surface area contributed by atoms with E-state index in [1.165, 1.54) is 25.6 Å². The molecule has 1 amide bonds. The summed E-state index contributed by atoms with van der Waals surface area (Å²) in [5.74, 6) is -0.164. The van der Waals surface area contributed by atoms with Crippen molar-refractivity contribution in [1.82, 2.24) is 19.8 Å². The van der Waals surface area contributed by atoms with Crippen LogP contribution in [-0.4, -0.2) is 77.7 Å². The summed E-state index contributed by atoms with van der Waals surface area (Å²) in [6.45, 7) is 0.306. The first-order chi connectivity index (χ1) is 17.4. The standard InChI is InChI=1S/C23H26FN5O4/c1-28(2)23(31)19-8-14(11-29(19)3)33-21-9-15-18(10-20(21)32-4)25-12-26-22(15)27-17-6-5-13(30)7-16(17)24/h5-7,9-10,12,14,19,30H,8,11H2,1-4H3,(H,25,26,27)/t14-,19-/m0/s1/i1D,2D,3D. The minimum Gasteiger partial charge on any atom is -0.508 e. The van der Waals surface area contributed by atoms with Gasteiger partial charge in [0.25, 0.3) is 0 Å². The normalized spacial score (nSPS) is 19.5. The molecule has 0 spiro atoms. The van der Waals surface area contributed by atoms with E-state index in [4.69, 9.17) is 13.6 Å². The fourth-order valence-electron chi connectivity index (χ4n) is 3.74. The molecular weight excluding hydrogens is 429 g/mol. The first-order valence-electron chi connectivity index (χ1n) is 12.2. The molecule has 174 valence electrons. The number of carbonyl (C=O) groups excluding carboxylic acids is 1. The van der Waals surface area contributed by atoms with E-state index in [2.05, 4.69) is 15.3 Å². The van der Waals surface area contributed by atoms with E-state index in [9.17, 15) is 14.3 Å². The van der Waals surface area contributed by atoms with Gasteiger partial charge in [-0.1, -0.05) is 0 Å². The summed E-state index contributed by atoms with van der Waals surface area (Å²) in [4.78, 5) is 24.0. The Morgan fingerprint density at radius 2 is 2.15 bits per heavy atom. The van der Waals surface area contributed by atoms with Crippen molar-refractivity contribution in [3.05, 3.63) is 42.5 Å². The lowest BCUT2D eigenvalue weighted by atomic mass is 10.1. The monoisotopic (exact) mass is 458 g/mol. The van der Waals surface area contributed by atoms with Gasteiger partial charge in [0.05, 0.1) is 24.4 Å². The maximum Gasteiger partial charge on any atom is 0.239 e. The first kappa shape index (κ1) is 18.9. The molecule has 1 fully saturated rings. The third-order valence-corrected chi connectivity index (χ3v) is 5.38. The second-order valence-corrected chi connectivity index (χ2v) is 7.67. The van der Waals surface area contributed by atoms with Crippen molar-refractivity contribution in [2.24, 2.45) is 0 Å². The number of nitrogens with one attached hydrogen (secondary N) is 1. The van der Waals surface area contributed by atoms with Crippen LogP contribution in [-0.2, 0) is 4.79 Å². The Bertz CT molecular complexity index is 1250. The van der Waals surface area contributed by atoms with Gasteiger partial charge in [0.15, 0.2) is 11.5 Å². The van der Waals surface area contributed by atoms with Gasteiger partial charge in [-0.25, -0.2) is 14.4 Å². The Labute approximate surface area is 195 Å². The molecule has 1 saturated heterocycles. The molecule has 2 atom stereocenters. The number of aromatic nitrogens is 2. The predicted octanol–water partition coefficient (Wildman–Crippen LogP) is 2.77. The number of carbonyl (C=O) groups is 1. The number of hydrogen-bond acceptors (Lipinski definition) is 8. The van der Waals surface area contributed by atoms with Gasteiger partial charge in [-0.3, -0.25) is 9.69 Å². The zero-order valence-corrected chi connectivity index (χ0v) is 18.0. The minimum atomic E-state index is -0.660. The molecule has 0 radical (unpaired) electrons. The van der Waals surface area contributed by atoms with E-state index >= 15 is 0 Å². The van der Waals surface area contributed by atoms with Crippen molar-refractivity contribution in [2.75, 3.05) is 40.0 Å². The van der Waals surface area contributed by atoms with Crippen LogP contribution in [0.1, 0.15) is 10.5 Å². The third kappa shape index (κ3) is 4.61. The molecule has 1 aliphatic heterocycles. The second-order valence-electron chi connectivity index (χ2n) is 7.67. The summed E-state index contributed by atoms with van der Waals surface area (Å²) in [5, 5.41) is 12.9. The van der Waals surface area contributed by atoms with Crippen molar-refractivity contribution < 1.29 is 27.9 Å². The van der Waals surface area contributed by atoms with Crippen molar-refractivity contribution in [1.29, 1.82) is 0 Å². The molecule has 33 heavy (non-hydrogen) atoms. The fraction of sp³-hybridized carbons (Fsp3) is 0.348. The zero-order chi connectivity index (χ0) is 25.8. The number of phenolic OH excluding ortho intramolecular Hbond substituents is 1. The van der Waals surface area contributed by atoms with Crippen LogP contribution in [0.2, 0.25) is 0 Å². The molecule has 1 aromatic heterocycles. The smallest absolute Gasteiger partial charge is 0.239 e. The van der Waals surface area contributed by atoms with Crippen LogP contribution in [0.15, 0.2) is 36.7 Å². The van der Waals surface area contributed by atoms with Crippen LogP contribution in [0.4, 0.5) is 15.9 Å². The summed E-state index contributed by atoms with van der Waals surface area (Å²) < 4.78 is 48.8. The molecular formula is C23H26FN5O4. The average Bonchev–Trinajstić information content (AvgIpc) is 3.29. The topological polar surface area (TPSA) is 100 Å². The highest BCUT2D eigenvalue weighted by atomic mass is 19.1. The van der Waals surface area contributed by atoms with Crippen LogP contribution in [0.3, 0.4) is 0 Å². The number of amides is 1. The number of likely N-dealkylation sites (N-methyl/N-ethyl adjacent to an activating group) is 2. The van der Waals surface area contributed by atoms with Gasteiger partial charge < -0.3 is 24.8 Å². The Balaban J connectivity index is 1.63. The number of hydrogen-bond donors (Lipinski definition) is 2. The molecule has 9 nitrogen and oxygen atoms in total. The van der Waals surface area contributed by atoms with E-state index < -0.39 is 18.0 Å². The van der Waals surface area contributed by atoms with Gasteiger partial charge in [-0.15, -0.1) is 0 Å². The van der Waals surface area contributed by atoms with Crippen LogP contribution in [0.25, 0.3) is 10.9 Å². The number of anilines is 2. The highest BCUT2D eigenvalue weighted by Crippen LogP contribution is 2.37. The van der Waals surface area contributed by atoms with E-state index in [0.717, 1.165) is 11.0 Å². The number of halogens is 1. The van der Waals surface area contributed by atoms with Gasteiger partial charge in [-0.05, 0) is 25.2 Å². The van der Waals surface area contributed by atoms with Crippen molar-refractivity contribution >= 4 is 28.3 Å².